The molecule has 0 aliphatic heterocycles. The zero-order valence-corrected chi connectivity index (χ0v) is 13.2. The second-order valence-electron chi connectivity index (χ2n) is 4.82. The van der Waals surface area contributed by atoms with Gasteiger partial charge in [-0.1, -0.05) is 0 Å². The van der Waals surface area contributed by atoms with E-state index in [9.17, 15) is 14.0 Å². The standard InChI is InChI=1S/C14H12FNO4.2ClH/c1-20-11-5-7(15)4-9-12(11)16(8-2-3-8)6-10(13(9)17)14(18)19;;/h4-6,8H,2-3H2,1H3,(H,18,19);2*1H. The molecule has 1 aliphatic rings. The number of rotatable bonds is 3. The molecule has 8 heteroatoms. The number of carbonyl (C=O) groups is 1. The lowest BCUT2D eigenvalue weighted by molar-refractivity contribution is 0.0695. The summed E-state index contributed by atoms with van der Waals surface area (Å²) >= 11 is 0. The predicted octanol–water partition coefficient (Wildman–Crippen LogP) is 3.03. The molecule has 1 saturated carbocycles. The molecule has 0 saturated heterocycles. The lowest BCUT2D eigenvalue weighted by Crippen LogP contribution is -2.19. The number of ether oxygens (including phenoxy) is 1. The average molecular weight is 350 g/mol. The summed E-state index contributed by atoms with van der Waals surface area (Å²) in [5.41, 5.74) is -0.592. The van der Waals surface area contributed by atoms with Crippen molar-refractivity contribution in [2.75, 3.05) is 7.11 Å². The number of hydrogen-bond donors (Lipinski definition) is 1. The Balaban J connectivity index is 0.00000121. The number of aromatic carboxylic acids is 1. The van der Waals surface area contributed by atoms with Gasteiger partial charge >= 0.3 is 5.97 Å². The number of pyridine rings is 1. The molecule has 0 atom stereocenters. The Morgan fingerprint density at radius 3 is 2.50 bits per heavy atom. The van der Waals surface area contributed by atoms with Crippen molar-refractivity contribution in [3.8, 4) is 5.75 Å². The second kappa shape index (κ2) is 6.54. The van der Waals surface area contributed by atoms with E-state index in [2.05, 4.69) is 0 Å². The van der Waals surface area contributed by atoms with E-state index in [1.807, 2.05) is 0 Å². The van der Waals surface area contributed by atoms with Crippen molar-refractivity contribution in [3.05, 3.63) is 39.9 Å². The number of hydrogen-bond acceptors (Lipinski definition) is 3. The van der Waals surface area contributed by atoms with Crippen LogP contribution in [0.3, 0.4) is 0 Å². The molecule has 0 unspecified atom stereocenters. The van der Waals surface area contributed by atoms with Crippen LogP contribution in [0.1, 0.15) is 29.2 Å². The molecule has 2 aromatic rings. The summed E-state index contributed by atoms with van der Waals surface area (Å²) in [5.74, 6) is -1.70. The van der Waals surface area contributed by atoms with Gasteiger partial charge in [-0.05, 0) is 18.9 Å². The first-order valence-electron chi connectivity index (χ1n) is 6.18. The molecular formula is C14H14Cl2FNO4. The molecular weight excluding hydrogens is 336 g/mol. The molecule has 1 aromatic carbocycles. The van der Waals surface area contributed by atoms with E-state index in [1.165, 1.54) is 19.4 Å². The van der Waals surface area contributed by atoms with E-state index in [1.54, 1.807) is 4.57 Å². The third-order valence-corrected chi connectivity index (χ3v) is 3.45. The molecule has 120 valence electrons. The van der Waals surface area contributed by atoms with Crippen LogP contribution in [0.2, 0.25) is 0 Å². The highest BCUT2D eigenvalue weighted by Crippen LogP contribution is 2.39. The van der Waals surface area contributed by atoms with Crippen LogP contribution in [0.25, 0.3) is 10.9 Å². The Morgan fingerprint density at radius 1 is 1.36 bits per heavy atom. The molecule has 0 spiro atoms. The van der Waals surface area contributed by atoms with Gasteiger partial charge in [-0.2, -0.15) is 0 Å². The number of fused-ring (bicyclic) bond motifs is 1. The largest absolute Gasteiger partial charge is 0.494 e. The van der Waals surface area contributed by atoms with Gasteiger partial charge < -0.3 is 14.4 Å². The summed E-state index contributed by atoms with van der Waals surface area (Å²) in [6.07, 6.45) is 3.13. The van der Waals surface area contributed by atoms with Crippen molar-refractivity contribution < 1.29 is 19.0 Å². The predicted molar refractivity (Wildman–Crippen MR) is 84.4 cm³/mol. The Kier molecular flexibility index (Phi) is 5.43. The van der Waals surface area contributed by atoms with Gasteiger partial charge in [0, 0.05) is 18.3 Å². The van der Waals surface area contributed by atoms with Crippen LogP contribution >= 0.6 is 24.8 Å². The zero-order valence-electron chi connectivity index (χ0n) is 11.5. The summed E-state index contributed by atoms with van der Waals surface area (Å²) < 4.78 is 20.4. The van der Waals surface area contributed by atoms with E-state index in [4.69, 9.17) is 9.84 Å². The Labute approximate surface area is 137 Å². The van der Waals surface area contributed by atoms with Gasteiger partial charge in [-0.15, -0.1) is 24.8 Å². The van der Waals surface area contributed by atoms with Gasteiger partial charge in [0.1, 0.15) is 17.1 Å². The van der Waals surface area contributed by atoms with Gasteiger partial charge in [-0.25, -0.2) is 9.18 Å². The Bertz CT molecular complexity index is 786. The van der Waals surface area contributed by atoms with E-state index in [0.717, 1.165) is 18.9 Å². The maximum atomic E-state index is 13.6. The number of halogens is 3. The summed E-state index contributed by atoms with van der Waals surface area (Å²) in [6.45, 7) is 0. The van der Waals surface area contributed by atoms with Crippen LogP contribution in [-0.4, -0.2) is 22.8 Å². The summed E-state index contributed by atoms with van der Waals surface area (Å²) in [5, 5.41) is 9.15. The topological polar surface area (TPSA) is 68.5 Å². The molecule has 0 bridgehead atoms. The molecule has 1 aliphatic carbocycles. The summed E-state index contributed by atoms with van der Waals surface area (Å²) in [7, 11) is 1.39. The monoisotopic (exact) mass is 349 g/mol. The van der Waals surface area contributed by atoms with E-state index >= 15 is 0 Å². The summed E-state index contributed by atoms with van der Waals surface area (Å²) in [6, 6.07) is 2.39. The normalized spacial score (nSPS) is 13.2. The molecule has 22 heavy (non-hydrogen) atoms. The second-order valence-corrected chi connectivity index (χ2v) is 4.82. The number of methoxy groups -OCH3 is 1. The minimum Gasteiger partial charge on any atom is -0.494 e. The minimum absolute atomic E-state index is 0. The van der Waals surface area contributed by atoms with Crippen LogP contribution in [0.4, 0.5) is 4.39 Å². The smallest absolute Gasteiger partial charge is 0.341 e. The van der Waals surface area contributed by atoms with Gasteiger partial charge in [-0.3, -0.25) is 4.79 Å². The number of benzene rings is 1. The first-order chi connectivity index (χ1) is 9.52. The minimum atomic E-state index is -1.31. The van der Waals surface area contributed by atoms with Crippen LogP contribution < -0.4 is 10.2 Å². The lowest BCUT2D eigenvalue weighted by atomic mass is 10.1. The van der Waals surface area contributed by atoms with E-state index in [0.29, 0.717) is 5.52 Å². The van der Waals surface area contributed by atoms with Crippen molar-refractivity contribution >= 4 is 41.7 Å². The quantitative estimate of drug-likeness (QED) is 0.924. The van der Waals surface area contributed by atoms with Crippen molar-refractivity contribution in [2.24, 2.45) is 0 Å². The fourth-order valence-corrected chi connectivity index (χ4v) is 2.37. The van der Waals surface area contributed by atoms with Gasteiger partial charge in [0.05, 0.1) is 18.0 Å². The highest BCUT2D eigenvalue weighted by Gasteiger charge is 2.28. The summed E-state index contributed by atoms with van der Waals surface area (Å²) in [4.78, 5) is 23.3. The first kappa shape index (κ1) is 18.3. The maximum Gasteiger partial charge on any atom is 0.341 e. The van der Waals surface area contributed by atoms with Crippen LogP contribution in [0, 0.1) is 5.82 Å². The van der Waals surface area contributed by atoms with Crippen LogP contribution in [0.5, 0.6) is 5.75 Å². The molecule has 1 N–H and O–H groups in total. The van der Waals surface area contributed by atoms with Crippen molar-refractivity contribution in [1.29, 1.82) is 0 Å². The number of nitrogens with zero attached hydrogens (tertiary/aromatic N) is 1. The first-order valence-corrected chi connectivity index (χ1v) is 6.18. The average Bonchev–Trinajstić information content (AvgIpc) is 3.22. The van der Waals surface area contributed by atoms with E-state index < -0.39 is 17.2 Å². The van der Waals surface area contributed by atoms with Gasteiger partial charge in [0.15, 0.2) is 0 Å². The van der Waals surface area contributed by atoms with Gasteiger partial charge in [0.25, 0.3) is 0 Å². The fraction of sp³-hybridized carbons (Fsp3) is 0.286. The van der Waals surface area contributed by atoms with Crippen molar-refractivity contribution in [3.63, 3.8) is 0 Å². The molecule has 1 fully saturated rings. The molecule has 0 amide bonds. The molecule has 5 nitrogen and oxygen atoms in total. The van der Waals surface area contributed by atoms with Crippen LogP contribution in [0.15, 0.2) is 23.1 Å². The SMILES string of the molecule is COc1cc(F)cc2c(=O)c(C(=O)O)cn(C3CC3)c12.Cl.Cl. The number of carboxylic acids is 1. The molecule has 3 rings (SSSR count). The third-order valence-electron chi connectivity index (χ3n) is 3.45. The van der Waals surface area contributed by atoms with Crippen molar-refractivity contribution in [1.82, 2.24) is 4.57 Å². The van der Waals surface area contributed by atoms with Crippen molar-refractivity contribution in [2.45, 2.75) is 18.9 Å². The maximum absolute atomic E-state index is 13.6. The lowest BCUT2D eigenvalue weighted by Gasteiger charge is -2.14. The Hall–Kier alpha value is -1.79. The molecule has 0 radical (unpaired) electrons. The number of aromatic nitrogens is 1. The van der Waals surface area contributed by atoms with Crippen LogP contribution in [-0.2, 0) is 0 Å². The third kappa shape index (κ3) is 2.89. The molecule has 1 aromatic heterocycles. The number of carboxylic acid groups (broad SMARTS) is 1. The molecule has 1 heterocycles. The Morgan fingerprint density at radius 2 is 2.00 bits per heavy atom. The highest BCUT2D eigenvalue weighted by molar-refractivity contribution is 5.94. The fourth-order valence-electron chi connectivity index (χ4n) is 2.37. The highest BCUT2D eigenvalue weighted by atomic mass is 35.5. The van der Waals surface area contributed by atoms with E-state index in [-0.39, 0.29) is 47.6 Å². The zero-order chi connectivity index (χ0) is 14.4. The van der Waals surface area contributed by atoms with Gasteiger partial charge in [0.2, 0.25) is 5.43 Å².